The lowest BCUT2D eigenvalue weighted by Crippen LogP contribution is -2.49. The summed E-state index contributed by atoms with van der Waals surface area (Å²) in [6, 6.07) is 10.8. The van der Waals surface area contributed by atoms with Gasteiger partial charge < -0.3 is 30.7 Å². The van der Waals surface area contributed by atoms with Crippen LogP contribution in [0.25, 0.3) is 0 Å². The molecule has 1 saturated carbocycles. The van der Waals surface area contributed by atoms with Crippen molar-refractivity contribution in [1.29, 1.82) is 0 Å². The fourth-order valence-electron chi connectivity index (χ4n) is 4.74. The van der Waals surface area contributed by atoms with E-state index in [1.54, 1.807) is 24.3 Å². The summed E-state index contributed by atoms with van der Waals surface area (Å²) in [6.07, 6.45) is 2.22. The molecule has 0 radical (unpaired) electrons. The Kier molecular flexibility index (Phi) is 7.11. The monoisotopic (exact) mass is 518 g/mol. The number of halogens is 2. The van der Waals surface area contributed by atoms with E-state index in [1.807, 2.05) is 12.1 Å². The number of ether oxygens (including phenoxy) is 2. The molecule has 1 aliphatic carbocycles. The maximum Gasteiger partial charge on any atom is 0.263 e. The van der Waals surface area contributed by atoms with Gasteiger partial charge in [-0.1, -0.05) is 23.2 Å². The number of amides is 2. The topological polar surface area (TPSA) is 101 Å². The van der Waals surface area contributed by atoms with Gasteiger partial charge in [0.25, 0.3) is 5.91 Å². The van der Waals surface area contributed by atoms with Crippen LogP contribution in [-0.2, 0) is 9.59 Å². The van der Waals surface area contributed by atoms with Gasteiger partial charge in [-0.05, 0) is 62.1 Å². The lowest BCUT2D eigenvalue weighted by molar-refractivity contribution is -0.129. The highest BCUT2D eigenvalue weighted by atomic mass is 35.5. The second-order valence-electron chi connectivity index (χ2n) is 9.19. The van der Waals surface area contributed by atoms with Crippen LogP contribution >= 0.6 is 23.2 Å². The molecule has 2 unspecified atom stereocenters. The van der Waals surface area contributed by atoms with Gasteiger partial charge in [0, 0.05) is 22.0 Å². The van der Waals surface area contributed by atoms with E-state index in [9.17, 15) is 9.59 Å². The number of carbonyl (C=O) groups is 2. The fourth-order valence-corrected chi connectivity index (χ4v) is 5.09. The van der Waals surface area contributed by atoms with Gasteiger partial charge in [-0.25, -0.2) is 0 Å². The minimum absolute atomic E-state index is 0.0374. The Morgan fingerprint density at radius 1 is 0.857 bits per heavy atom. The maximum absolute atomic E-state index is 12.7. The number of anilines is 2. The molecule has 0 bridgehead atoms. The first kappa shape index (κ1) is 23.9. The molecule has 8 nitrogen and oxygen atoms in total. The van der Waals surface area contributed by atoms with Crippen LogP contribution in [0.15, 0.2) is 36.4 Å². The third-order valence-electron chi connectivity index (χ3n) is 6.68. The van der Waals surface area contributed by atoms with Crippen LogP contribution in [0.2, 0.25) is 10.0 Å². The molecule has 2 aromatic carbocycles. The first-order valence-electron chi connectivity index (χ1n) is 11.9. The van der Waals surface area contributed by atoms with E-state index in [0.717, 1.165) is 42.8 Å². The van der Waals surface area contributed by atoms with Crippen LogP contribution in [0.3, 0.4) is 0 Å². The minimum Gasteiger partial charge on any atom is -0.485 e. The van der Waals surface area contributed by atoms with Crippen LogP contribution in [0.1, 0.15) is 25.7 Å². The second kappa shape index (κ2) is 10.4. The summed E-state index contributed by atoms with van der Waals surface area (Å²) in [5, 5.41) is 13.9. The fraction of sp³-hybridized carbons (Fsp3) is 0.440. The number of benzene rings is 2. The molecule has 186 valence electrons. The lowest BCUT2D eigenvalue weighted by Gasteiger charge is -2.32. The van der Waals surface area contributed by atoms with Gasteiger partial charge in [0.05, 0.1) is 31.0 Å². The first-order chi connectivity index (χ1) is 16.9. The number of hydrogen-bond acceptors (Lipinski definition) is 6. The van der Waals surface area contributed by atoms with Gasteiger partial charge in [-0.15, -0.1) is 0 Å². The highest BCUT2D eigenvalue weighted by molar-refractivity contribution is 6.31. The molecule has 2 atom stereocenters. The highest BCUT2D eigenvalue weighted by Crippen LogP contribution is 2.33. The molecule has 0 spiro atoms. The van der Waals surface area contributed by atoms with Crippen LogP contribution in [0, 0.1) is 5.92 Å². The summed E-state index contributed by atoms with van der Waals surface area (Å²) in [4.78, 5) is 25.5. The highest BCUT2D eigenvalue weighted by Gasteiger charge is 2.31. The van der Waals surface area contributed by atoms with Crippen molar-refractivity contribution in [3.63, 3.8) is 0 Å². The zero-order valence-electron chi connectivity index (χ0n) is 19.1. The predicted molar refractivity (Wildman–Crippen MR) is 136 cm³/mol. The van der Waals surface area contributed by atoms with Gasteiger partial charge in [0.2, 0.25) is 5.91 Å². The van der Waals surface area contributed by atoms with E-state index in [1.165, 1.54) is 0 Å². The van der Waals surface area contributed by atoms with E-state index in [4.69, 9.17) is 32.7 Å². The van der Waals surface area contributed by atoms with Crippen LogP contribution in [0.4, 0.5) is 11.4 Å². The zero-order chi connectivity index (χ0) is 24.4. The summed E-state index contributed by atoms with van der Waals surface area (Å²) in [7, 11) is 0. The number of nitrogens with one attached hydrogen (secondary N) is 4. The quantitative estimate of drug-likeness (QED) is 0.479. The van der Waals surface area contributed by atoms with Crippen molar-refractivity contribution in [1.82, 2.24) is 10.6 Å². The van der Waals surface area contributed by atoms with Crippen molar-refractivity contribution in [2.45, 2.75) is 43.9 Å². The molecule has 1 fully saturated rings. The summed E-state index contributed by atoms with van der Waals surface area (Å²) in [5.41, 5.74) is 1.65. The Bertz CT molecular complexity index is 1110. The Balaban J connectivity index is 1.04. The number of rotatable bonds is 5. The molecule has 2 heterocycles. The van der Waals surface area contributed by atoms with Crippen LogP contribution < -0.4 is 30.7 Å². The number of fused-ring (bicyclic) bond motifs is 2. The molecule has 2 aromatic rings. The van der Waals surface area contributed by atoms with Crippen molar-refractivity contribution in [3.05, 3.63) is 46.4 Å². The van der Waals surface area contributed by atoms with Gasteiger partial charge in [-0.2, -0.15) is 0 Å². The molecule has 35 heavy (non-hydrogen) atoms. The summed E-state index contributed by atoms with van der Waals surface area (Å²) < 4.78 is 11.8. The molecule has 10 heteroatoms. The van der Waals surface area contributed by atoms with Crippen molar-refractivity contribution >= 4 is 46.4 Å². The smallest absolute Gasteiger partial charge is 0.263 e. The minimum atomic E-state index is -0.602. The average Bonchev–Trinajstić information content (AvgIpc) is 2.87. The van der Waals surface area contributed by atoms with E-state index in [-0.39, 0.29) is 29.9 Å². The Morgan fingerprint density at radius 2 is 1.49 bits per heavy atom. The van der Waals surface area contributed by atoms with E-state index in [0.29, 0.717) is 35.4 Å². The van der Waals surface area contributed by atoms with E-state index in [2.05, 4.69) is 21.3 Å². The molecule has 0 saturated heterocycles. The Labute approximate surface area is 214 Å². The average molecular weight is 519 g/mol. The van der Waals surface area contributed by atoms with Crippen LogP contribution in [-0.4, -0.2) is 49.7 Å². The van der Waals surface area contributed by atoms with Gasteiger partial charge >= 0.3 is 0 Å². The summed E-state index contributed by atoms with van der Waals surface area (Å²) >= 11 is 12.0. The van der Waals surface area contributed by atoms with E-state index < -0.39 is 6.10 Å². The number of carbonyl (C=O) groups excluding carboxylic acids is 2. The molecule has 4 N–H and O–H groups in total. The van der Waals surface area contributed by atoms with Crippen molar-refractivity contribution in [2.24, 2.45) is 5.92 Å². The van der Waals surface area contributed by atoms with Gasteiger partial charge in [0.1, 0.15) is 17.6 Å². The largest absolute Gasteiger partial charge is 0.485 e. The first-order valence-corrected chi connectivity index (χ1v) is 12.7. The Morgan fingerprint density at radius 3 is 2.17 bits per heavy atom. The van der Waals surface area contributed by atoms with E-state index >= 15 is 0 Å². The molecule has 0 aromatic heterocycles. The van der Waals surface area contributed by atoms with Gasteiger partial charge in [-0.3, -0.25) is 9.59 Å². The van der Waals surface area contributed by atoms with Crippen LogP contribution in [0.5, 0.6) is 11.5 Å². The molecule has 3 aliphatic rings. The van der Waals surface area contributed by atoms with Gasteiger partial charge in [0.15, 0.2) is 6.10 Å². The second-order valence-corrected chi connectivity index (χ2v) is 10.1. The standard InChI is InChI=1S/C25H28Cl2N4O4/c26-15-3-7-21-19(9-15)28-11-18(34-21)12-30-24(32)14-1-5-17(6-2-14)31-25(33)23-13-29-20-10-16(27)4-8-22(20)35-23/h3-4,7-10,14,17-18,23,28-29H,1-2,5-6,11-13H2,(H,30,32)(H,31,33)/t14-,17-,18?,23?. The molecule has 2 amide bonds. The normalized spacial score (nSPS) is 24.9. The third kappa shape index (κ3) is 5.70. The lowest BCUT2D eigenvalue weighted by atomic mass is 9.85. The summed E-state index contributed by atoms with van der Waals surface area (Å²) in [5.74, 6) is 1.19. The molecular formula is C25H28Cl2N4O4. The molecule has 2 aliphatic heterocycles. The zero-order valence-corrected chi connectivity index (χ0v) is 20.6. The predicted octanol–water partition coefficient (Wildman–Crippen LogP) is 3.83. The summed E-state index contributed by atoms with van der Waals surface area (Å²) in [6.45, 7) is 1.41. The van der Waals surface area contributed by atoms with Crippen molar-refractivity contribution in [2.75, 3.05) is 30.3 Å². The maximum atomic E-state index is 12.7. The SMILES string of the molecule is O=C(N[C@H]1CC[C@H](C(=O)NCC2CNc3cc(Cl)ccc3O2)CC1)C1CNc2cc(Cl)ccc2O1. The third-order valence-corrected chi connectivity index (χ3v) is 7.16. The number of hydrogen-bond donors (Lipinski definition) is 4. The Hall–Kier alpha value is -2.84. The van der Waals surface area contributed by atoms with Crippen molar-refractivity contribution < 1.29 is 19.1 Å². The van der Waals surface area contributed by atoms with Crippen molar-refractivity contribution in [3.8, 4) is 11.5 Å². The molecular weight excluding hydrogens is 491 g/mol. The molecule has 5 rings (SSSR count).